The number of amides is 2. The second-order valence-corrected chi connectivity index (χ2v) is 8.68. The number of likely N-dealkylation sites (tertiary alicyclic amines) is 1. The number of rotatable bonds is 8. The fraction of sp³-hybridized carbons (Fsp3) is 0.500. The number of hydrogen-bond donors (Lipinski definition) is 1. The van der Waals surface area contributed by atoms with E-state index in [4.69, 9.17) is 4.74 Å². The second-order valence-electron chi connectivity index (χ2n) is 8.68. The monoisotopic (exact) mass is 453 g/mol. The van der Waals surface area contributed by atoms with Crippen LogP contribution >= 0.6 is 0 Å². The predicted octanol–water partition coefficient (Wildman–Crippen LogP) is 3.82. The molecule has 1 fully saturated rings. The number of aromatic nitrogens is 1. The van der Waals surface area contributed by atoms with E-state index in [0.717, 1.165) is 43.4 Å². The molecule has 0 bridgehead atoms. The van der Waals surface area contributed by atoms with Crippen molar-refractivity contribution in [2.45, 2.75) is 58.4 Å². The average Bonchev–Trinajstić information content (AvgIpc) is 3.13. The Hall–Kier alpha value is -3.09. The van der Waals surface area contributed by atoms with E-state index in [2.05, 4.69) is 5.32 Å². The van der Waals surface area contributed by atoms with E-state index < -0.39 is 11.3 Å². The average molecular weight is 454 g/mol. The summed E-state index contributed by atoms with van der Waals surface area (Å²) in [6.45, 7) is 5.74. The molecule has 0 spiro atoms. The summed E-state index contributed by atoms with van der Waals surface area (Å²) in [5, 5.41) is 2.85. The molecule has 1 aromatic heterocycles. The van der Waals surface area contributed by atoms with E-state index in [1.165, 1.54) is 0 Å². The first-order valence-corrected chi connectivity index (χ1v) is 11.9. The van der Waals surface area contributed by atoms with E-state index in [9.17, 15) is 14.4 Å². The molecule has 1 aromatic carbocycles. The van der Waals surface area contributed by atoms with E-state index >= 15 is 0 Å². The zero-order valence-electron chi connectivity index (χ0n) is 19.9. The van der Waals surface area contributed by atoms with Gasteiger partial charge in [0.05, 0.1) is 7.11 Å². The second kappa shape index (κ2) is 11.7. The molecule has 1 aliphatic heterocycles. The molecule has 7 heteroatoms. The van der Waals surface area contributed by atoms with Crippen molar-refractivity contribution in [3.05, 3.63) is 63.6 Å². The number of methoxy groups -OCH3 is 1. The zero-order valence-corrected chi connectivity index (χ0v) is 19.9. The van der Waals surface area contributed by atoms with Crippen LogP contribution in [0.3, 0.4) is 0 Å². The quantitative estimate of drug-likeness (QED) is 0.659. The van der Waals surface area contributed by atoms with Crippen LogP contribution < -0.4 is 15.5 Å². The number of ether oxygens (including phenoxy) is 1. The van der Waals surface area contributed by atoms with E-state index in [0.29, 0.717) is 26.1 Å². The maximum absolute atomic E-state index is 13.2. The molecule has 3 rings (SSSR count). The van der Waals surface area contributed by atoms with Crippen molar-refractivity contribution >= 4 is 11.8 Å². The highest BCUT2D eigenvalue weighted by Crippen LogP contribution is 2.16. The lowest BCUT2D eigenvalue weighted by atomic mass is 10.1. The first-order valence-electron chi connectivity index (χ1n) is 11.9. The highest BCUT2D eigenvalue weighted by Gasteiger charge is 2.24. The number of nitrogens with zero attached hydrogens (tertiary/aromatic N) is 2. The topological polar surface area (TPSA) is 80.6 Å². The molecule has 2 aromatic rings. The van der Waals surface area contributed by atoms with Crippen molar-refractivity contribution in [3.8, 4) is 5.75 Å². The van der Waals surface area contributed by atoms with Crippen molar-refractivity contribution in [2.75, 3.05) is 26.7 Å². The van der Waals surface area contributed by atoms with Crippen LogP contribution in [0.4, 0.5) is 0 Å². The van der Waals surface area contributed by atoms with Gasteiger partial charge < -0.3 is 19.5 Å². The summed E-state index contributed by atoms with van der Waals surface area (Å²) in [4.78, 5) is 41.2. The van der Waals surface area contributed by atoms with E-state index in [1.807, 2.05) is 42.7 Å². The predicted molar refractivity (Wildman–Crippen MR) is 129 cm³/mol. The molecule has 178 valence electrons. The first kappa shape index (κ1) is 24.6. The molecule has 2 amide bonds. The third-order valence-electron chi connectivity index (χ3n) is 6.37. The number of carbonyl (C=O) groups excluding carboxylic acids is 2. The molecule has 7 nitrogen and oxygen atoms in total. The van der Waals surface area contributed by atoms with Gasteiger partial charge in [0.1, 0.15) is 16.9 Å². The van der Waals surface area contributed by atoms with Gasteiger partial charge in [0.15, 0.2) is 0 Å². The Kier molecular flexibility index (Phi) is 8.69. The van der Waals surface area contributed by atoms with Gasteiger partial charge in [-0.25, -0.2) is 0 Å². The number of benzene rings is 1. The smallest absolute Gasteiger partial charge is 0.259 e. The maximum Gasteiger partial charge on any atom is 0.259 e. The fourth-order valence-corrected chi connectivity index (χ4v) is 4.03. The van der Waals surface area contributed by atoms with Crippen LogP contribution in [0.5, 0.6) is 5.75 Å². The molecule has 2 heterocycles. The van der Waals surface area contributed by atoms with Crippen molar-refractivity contribution in [3.63, 3.8) is 0 Å². The van der Waals surface area contributed by atoms with Gasteiger partial charge in [-0.2, -0.15) is 0 Å². The number of nitrogens with one attached hydrogen (secondary N) is 1. The Morgan fingerprint density at radius 3 is 2.27 bits per heavy atom. The van der Waals surface area contributed by atoms with Gasteiger partial charge in [-0.1, -0.05) is 31.9 Å². The highest BCUT2D eigenvalue weighted by atomic mass is 16.5. The van der Waals surface area contributed by atoms with Crippen molar-refractivity contribution in [2.24, 2.45) is 0 Å². The number of carbonyl (C=O) groups is 2. The lowest BCUT2D eigenvalue weighted by molar-refractivity contribution is 0.0759. The molecule has 33 heavy (non-hydrogen) atoms. The summed E-state index contributed by atoms with van der Waals surface area (Å²) in [6, 6.07) is 7.70. The van der Waals surface area contributed by atoms with Gasteiger partial charge in [0.25, 0.3) is 11.8 Å². The zero-order chi connectivity index (χ0) is 23.8. The Morgan fingerprint density at radius 2 is 1.67 bits per heavy atom. The van der Waals surface area contributed by atoms with Crippen molar-refractivity contribution in [1.82, 2.24) is 14.8 Å². The summed E-state index contributed by atoms with van der Waals surface area (Å²) >= 11 is 0. The Labute approximate surface area is 195 Å². The van der Waals surface area contributed by atoms with E-state index in [1.54, 1.807) is 24.4 Å². The van der Waals surface area contributed by atoms with Crippen LogP contribution in [0.15, 0.2) is 41.5 Å². The van der Waals surface area contributed by atoms with Crippen LogP contribution in [-0.4, -0.2) is 48.0 Å². The Bertz CT molecular complexity index is 1010. The maximum atomic E-state index is 13.2. The molecular weight excluding hydrogens is 418 g/mol. The normalized spacial score (nSPS) is 14.9. The molecule has 1 aliphatic rings. The molecule has 0 unspecified atom stereocenters. The molecule has 0 radical (unpaired) electrons. The molecule has 1 saturated heterocycles. The van der Waals surface area contributed by atoms with E-state index in [-0.39, 0.29) is 23.1 Å². The number of hydrogen-bond acceptors (Lipinski definition) is 4. The first-order chi connectivity index (χ1) is 15.9. The molecule has 0 aliphatic carbocycles. The van der Waals surface area contributed by atoms with Gasteiger partial charge in [-0.05, 0) is 50.3 Å². The third-order valence-corrected chi connectivity index (χ3v) is 6.37. The van der Waals surface area contributed by atoms with Crippen molar-refractivity contribution < 1.29 is 14.3 Å². The largest absolute Gasteiger partial charge is 0.497 e. The summed E-state index contributed by atoms with van der Waals surface area (Å²) in [6.07, 6.45) is 8.72. The third kappa shape index (κ3) is 6.24. The SMILES string of the molecule is CC[C@H](C)n1cc(C(=O)NCCc2ccc(OC)cc2)c(=O)c(C(=O)N2CCCCCC2)c1. The fourth-order valence-electron chi connectivity index (χ4n) is 4.03. The van der Waals surface area contributed by atoms with Crippen LogP contribution in [0.2, 0.25) is 0 Å². The summed E-state index contributed by atoms with van der Waals surface area (Å²) in [5.74, 6) is 0.0576. The van der Waals surface area contributed by atoms with Crippen LogP contribution in [0.25, 0.3) is 0 Å². The van der Waals surface area contributed by atoms with Gasteiger partial charge in [0, 0.05) is 38.1 Å². The van der Waals surface area contributed by atoms with Gasteiger partial charge >= 0.3 is 0 Å². The van der Waals surface area contributed by atoms with Gasteiger partial charge in [0.2, 0.25) is 5.43 Å². The lowest BCUT2D eigenvalue weighted by Crippen LogP contribution is -2.38. The molecule has 0 saturated carbocycles. The minimum absolute atomic E-state index is 0.0192. The van der Waals surface area contributed by atoms with Crippen LogP contribution in [0, 0.1) is 0 Å². The number of pyridine rings is 1. The van der Waals surface area contributed by atoms with Crippen LogP contribution in [-0.2, 0) is 6.42 Å². The molecular formula is C26H35N3O4. The standard InChI is InChI=1S/C26H35N3O4/c1-4-19(2)29-17-22(25(31)27-14-13-20-9-11-21(33-3)12-10-20)24(30)23(18-29)26(32)28-15-7-5-6-8-16-28/h9-12,17-19H,4-8,13-16H2,1-3H3,(H,27,31)/t19-/m0/s1. The minimum Gasteiger partial charge on any atom is -0.497 e. The lowest BCUT2D eigenvalue weighted by Gasteiger charge is -2.22. The highest BCUT2D eigenvalue weighted by molar-refractivity contribution is 5.99. The summed E-state index contributed by atoms with van der Waals surface area (Å²) in [7, 11) is 1.62. The summed E-state index contributed by atoms with van der Waals surface area (Å²) < 4.78 is 6.99. The Morgan fingerprint density at radius 1 is 1.03 bits per heavy atom. The minimum atomic E-state index is -0.495. The summed E-state index contributed by atoms with van der Waals surface area (Å²) in [5.41, 5.74) is 0.662. The Balaban J connectivity index is 1.80. The van der Waals surface area contributed by atoms with Gasteiger partial charge in [-0.3, -0.25) is 14.4 Å². The van der Waals surface area contributed by atoms with Gasteiger partial charge in [-0.15, -0.1) is 0 Å². The van der Waals surface area contributed by atoms with Crippen molar-refractivity contribution in [1.29, 1.82) is 0 Å². The molecule has 1 N–H and O–H groups in total. The van der Waals surface area contributed by atoms with Crippen LogP contribution in [0.1, 0.15) is 78.3 Å². The molecule has 1 atom stereocenters.